The van der Waals surface area contributed by atoms with E-state index in [2.05, 4.69) is 43.4 Å². The van der Waals surface area contributed by atoms with Crippen LogP contribution in [-0.2, 0) is 6.42 Å². The topological polar surface area (TPSA) is 21.3 Å². The zero-order valence-corrected chi connectivity index (χ0v) is 12.2. The van der Waals surface area contributed by atoms with E-state index in [0.29, 0.717) is 5.92 Å². The summed E-state index contributed by atoms with van der Waals surface area (Å²) in [5.41, 5.74) is 1.40. The van der Waals surface area contributed by atoms with E-state index in [1.165, 1.54) is 18.4 Å². The Labute approximate surface area is 112 Å². The first kappa shape index (κ1) is 15.0. The molecule has 1 aromatic carbocycles. The molecule has 0 saturated heterocycles. The van der Waals surface area contributed by atoms with E-state index >= 15 is 0 Å². The third-order valence-electron chi connectivity index (χ3n) is 3.67. The van der Waals surface area contributed by atoms with Gasteiger partial charge >= 0.3 is 0 Å². The van der Waals surface area contributed by atoms with Crippen molar-refractivity contribution in [1.29, 1.82) is 0 Å². The van der Waals surface area contributed by atoms with Gasteiger partial charge in [0.15, 0.2) is 0 Å². The quantitative estimate of drug-likeness (QED) is 0.761. The number of nitrogens with one attached hydrogen (secondary N) is 1. The summed E-state index contributed by atoms with van der Waals surface area (Å²) < 4.78 is 5.20. The molecule has 2 heteroatoms. The highest BCUT2D eigenvalue weighted by Crippen LogP contribution is 2.22. The van der Waals surface area contributed by atoms with Gasteiger partial charge in [-0.15, -0.1) is 0 Å². The molecule has 1 aromatic rings. The SMILES string of the molecule is CCCC(C)C(CNC)Cc1ccc(OC)cc1. The molecule has 0 heterocycles. The van der Waals surface area contributed by atoms with Gasteiger partial charge in [-0.3, -0.25) is 0 Å². The van der Waals surface area contributed by atoms with Crippen LogP contribution in [0.5, 0.6) is 5.75 Å². The van der Waals surface area contributed by atoms with Crippen molar-refractivity contribution in [2.45, 2.75) is 33.1 Å². The first-order chi connectivity index (χ1) is 8.71. The summed E-state index contributed by atoms with van der Waals surface area (Å²) in [5.74, 6) is 2.42. The maximum absolute atomic E-state index is 5.20. The van der Waals surface area contributed by atoms with Gasteiger partial charge in [-0.25, -0.2) is 0 Å². The molecule has 0 spiro atoms. The van der Waals surface area contributed by atoms with Gasteiger partial charge in [-0.2, -0.15) is 0 Å². The van der Waals surface area contributed by atoms with Gasteiger partial charge in [0.1, 0.15) is 5.75 Å². The third-order valence-corrected chi connectivity index (χ3v) is 3.67. The van der Waals surface area contributed by atoms with Gasteiger partial charge in [0.05, 0.1) is 7.11 Å². The van der Waals surface area contributed by atoms with Crippen LogP contribution in [-0.4, -0.2) is 20.7 Å². The molecular formula is C16H27NO. The van der Waals surface area contributed by atoms with Gasteiger partial charge in [-0.05, 0) is 49.5 Å². The lowest BCUT2D eigenvalue weighted by Gasteiger charge is -2.23. The predicted octanol–water partition coefficient (Wildman–Crippen LogP) is 3.51. The minimum atomic E-state index is 0.711. The number of ether oxygens (including phenoxy) is 1. The van der Waals surface area contributed by atoms with Crippen LogP contribution in [0.1, 0.15) is 32.3 Å². The fourth-order valence-electron chi connectivity index (χ4n) is 2.49. The monoisotopic (exact) mass is 249 g/mol. The molecule has 0 amide bonds. The van der Waals surface area contributed by atoms with Gasteiger partial charge in [0.2, 0.25) is 0 Å². The van der Waals surface area contributed by atoms with E-state index < -0.39 is 0 Å². The maximum Gasteiger partial charge on any atom is 0.118 e. The van der Waals surface area contributed by atoms with Crippen molar-refractivity contribution < 1.29 is 4.74 Å². The summed E-state index contributed by atoms with van der Waals surface area (Å²) in [5, 5.41) is 3.33. The predicted molar refractivity (Wildman–Crippen MR) is 78.2 cm³/mol. The summed E-state index contributed by atoms with van der Waals surface area (Å²) in [4.78, 5) is 0. The highest BCUT2D eigenvalue weighted by molar-refractivity contribution is 5.27. The average molecular weight is 249 g/mol. The molecule has 0 aliphatic heterocycles. The van der Waals surface area contributed by atoms with Gasteiger partial charge in [0.25, 0.3) is 0 Å². The van der Waals surface area contributed by atoms with Crippen molar-refractivity contribution in [3.63, 3.8) is 0 Å². The Morgan fingerprint density at radius 3 is 2.39 bits per heavy atom. The van der Waals surface area contributed by atoms with Crippen LogP contribution in [0.2, 0.25) is 0 Å². The molecule has 0 aromatic heterocycles. The molecule has 2 atom stereocenters. The van der Waals surface area contributed by atoms with Crippen LogP contribution in [0, 0.1) is 11.8 Å². The van der Waals surface area contributed by atoms with E-state index in [0.717, 1.165) is 24.6 Å². The lowest BCUT2D eigenvalue weighted by atomic mass is 9.85. The Kier molecular flexibility index (Phi) is 6.81. The number of rotatable bonds is 8. The van der Waals surface area contributed by atoms with E-state index in [4.69, 9.17) is 4.74 Å². The van der Waals surface area contributed by atoms with Crippen molar-refractivity contribution in [2.75, 3.05) is 20.7 Å². The van der Waals surface area contributed by atoms with Crippen LogP contribution in [0.15, 0.2) is 24.3 Å². The van der Waals surface area contributed by atoms with Crippen LogP contribution in [0.25, 0.3) is 0 Å². The molecule has 102 valence electrons. The van der Waals surface area contributed by atoms with Crippen molar-refractivity contribution in [2.24, 2.45) is 11.8 Å². The van der Waals surface area contributed by atoms with Crippen LogP contribution >= 0.6 is 0 Å². The lowest BCUT2D eigenvalue weighted by Crippen LogP contribution is -2.26. The number of benzene rings is 1. The van der Waals surface area contributed by atoms with E-state index in [9.17, 15) is 0 Å². The van der Waals surface area contributed by atoms with Crippen LogP contribution in [0.4, 0.5) is 0 Å². The fraction of sp³-hybridized carbons (Fsp3) is 0.625. The minimum absolute atomic E-state index is 0.711. The normalized spacial score (nSPS) is 14.2. The number of hydrogen-bond acceptors (Lipinski definition) is 2. The zero-order chi connectivity index (χ0) is 13.4. The third kappa shape index (κ3) is 4.69. The second kappa shape index (κ2) is 8.15. The Morgan fingerprint density at radius 1 is 1.22 bits per heavy atom. The molecule has 0 radical (unpaired) electrons. The van der Waals surface area contributed by atoms with Crippen molar-refractivity contribution >= 4 is 0 Å². The largest absolute Gasteiger partial charge is 0.497 e. The zero-order valence-electron chi connectivity index (χ0n) is 12.2. The summed E-state index contributed by atoms with van der Waals surface area (Å²) in [7, 11) is 3.75. The van der Waals surface area contributed by atoms with Crippen LogP contribution in [0.3, 0.4) is 0 Å². The number of methoxy groups -OCH3 is 1. The smallest absolute Gasteiger partial charge is 0.118 e. The standard InChI is InChI=1S/C16H27NO/c1-5-6-13(2)15(12-17-3)11-14-7-9-16(18-4)10-8-14/h7-10,13,15,17H,5-6,11-12H2,1-4H3. The molecule has 0 fully saturated rings. The molecule has 0 bridgehead atoms. The first-order valence-corrected chi connectivity index (χ1v) is 6.98. The maximum atomic E-state index is 5.20. The second-order valence-electron chi connectivity index (χ2n) is 5.14. The summed E-state index contributed by atoms with van der Waals surface area (Å²) in [6, 6.07) is 8.47. The van der Waals surface area contributed by atoms with E-state index in [1.54, 1.807) is 7.11 Å². The molecule has 0 saturated carbocycles. The molecule has 0 aliphatic rings. The molecular weight excluding hydrogens is 222 g/mol. The van der Waals surface area contributed by atoms with Gasteiger partial charge < -0.3 is 10.1 Å². The Morgan fingerprint density at radius 2 is 1.89 bits per heavy atom. The molecule has 18 heavy (non-hydrogen) atoms. The van der Waals surface area contributed by atoms with Gasteiger partial charge in [-0.1, -0.05) is 38.8 Å². The van der Waals surface area contributed by atoms with Crippen molar-refractivity contribution in [3.05, 3.63) is 29.8 Å². The summed E-state index contributed by atoms with van der Waals surface area (Å²) in [6.45, 7) is 5.72. The van der Waals surface area contributed by atoms with E-state index in [-0.39, 0.29) is 0 Å². The Balaban J connectivity index is 2.63. The van der Waals surface area contributed by atoms with Crippen molar-refractivity contribution in [3.8, 4) is 5.75 Å². The van der Waals surface area contributed by atoms with Gasteiger partial charge in [0, 0.05) is 0 Å². The Bertz CT molecular complexity index is 320. The van der Waals surface area contributed by atoms with Crippen molar-refractivity contribution in [1.82, 2.24) is 5.32 Å². The first-order valence-electron chi connectivity index (χ1n) is 6.98. The number of hydrogen-bond donors (Lipinski definition) is 1. The lowest BCUT2D eigenvalue weighted by molar-refractivity contribution is 0.325. The molecule has 2 nitrogen and oxygen atoms in total. The molecule has 2 unspecified atom stereocenters. The highest BCUT2D eigenvalue weighted by Gasteiger charge is 2.16. The minimum Gasteiger partial charge on any atom is -0.497 e. The Hall–Kier alpha value is -1.02. The second-order valence-corrected chi connectivity index (χ2v) is 5.14. The molecule has 0 aliphatic carbocycles. The molecule has 1 rings (SSSR count). The average Bonchev–Trinajstić information content (AvgIpc) is 2.39. The summed E-state index contributed by atoms with van der Waals surface area (Å²) >= 11 is 0. The highest BCUT2D eigenvalue weighted by atomic mass is 16.5. The summed E-state index contributed by atoms with van der Waals surface area (Å²) in [6.07, 6.45) is 3.72. The fourth-order valence-corrected chi connectivity index (χ4v) is 2.49. The van der Waals surface area contributed by atoms with Crippen LogP contribution < -0.4 is 10.1 Å². The molecule has 1 N–H and O–H groups in total. The van der Waals surface area contributed by atoms with E-state index in [1.807, 2.05) is 7.05 Å².